The summed E-state index contributed by atoms with van der Waals surface area (Å²) in [5, 5.41) is 7.03. The Morgan fingerprint density at radius 2 is 2.08 bits per heavy atom. The Morgan fingerprint density at radius 3 is 2.79 bits per heavy atom. The van der Waals surface area contributed by atoms with Crippen molar-refractivity contribution < 1.29 is 9.32 Å². The molecule has 2 aromatic heterocycles. The number of nitrogens with one attached hydrogen (secondary N) is 1. The number of aromatic nitrogens is 2. The largest absolute Gasteiger partial charge is 0.334 e. The second kappa shape index (κ2) is 5.87. The van der Waals surface area contributed by atoms with Gasteiger partial charge in [-0.05, 0) is 51.0 Å². The third kappa shape index (κ3) is 2.97. The number of thiophene rings is 1. The number of carbonyl (C=O) groups excluding carboxylic acids is 1. The summed E-state index contributed by atoms with van der Waals surface area (Å²) in [4.78, 5) is 18.7. The lowest BCUT2D eigenvalue weighted by molar-refractivity contribution is 0.103. The normalized spacial score (nSPS) is 13.9. The van der Waals surface area contributed by atoms with Crippen LogP contribution in [0, 0.1) is 13.8 Å². The minimum absolute atomic E-state index is 0.125. The molecule has 2 heterocycles. The molecule has 0 atom stereocenters. The first-order valence-electron chi connectivity index (χ1n) is 7.92. The van der Waals surface area contributed by atoms with Crippen LogP contribution in [0.5, 0.6) is 0 Å². The van der Waals surface area contributed by atoms with E-state index in [4.69, 9.17) is 4.52 Å². The van der Waals surface area contributed by atoms with E-state index in [-0.39, 0.29) is 5.91 Å². The molecular weight excluding hydrogens is 322 g/mol. The van der Waals surface area contributed by atoms with Gasteiger partial charge in [0.2, 0.25) is 0 Å². The second-order valence-corrected chi connectivity index (χ2v) is 7.43. The quantitative estimate of drug-likeness (QED) is 0.757. The topological polar surface area (TPSA) is 68.0 Å². The molecule has 1 aromatic carbocycles. The highest BCUT2D eigenvalue weighted by Gasteiger charge is 2.29. The van der Waals surface area contributed by atoms with Crippen molar-refractivity contribution in [3.05, 3.63) is 51.5 Å². The SMILES string of the molecule is Cc1ccc(NC(=O)c2ccc(C)s2)c(-c2nc(C3CC3)no2)c1. The first kappa shape index (κ1) is 15.1. The third-order valence-electron chi connectivity index (χ3n) is 4.00. The lowest BCUT2D eigenvalue weighted by Gasteiger charge is -2.08. The minimum Gasteiger partial charge on any atom is -0.334 e. The zero-order chi connectivity index (χ0) is 16.7. The number of rotatable bonds is 4. The van der Waals surface area contributed by atoms with Crippen molar-refractivity contribution in [1.29, 1.82) is 0 Å². The first-order chi connectivity index (χ1) is 11.6. The summed E-state index contributed by atoms with van der Waals surface area (Å²) in [6, 6.07) is 9.57. The summed E-state index contributed by atoms with van der Waals surface area (Å²) < 4.78 is 5.43. The van der Waals surface area contributed by atoms with Gasteiger partial charge in [-0.15, -0.1) is 11.3 Å². The molecule has 1 aliphatic carbocycles. The van der Waals surface area contributed by atoms with Crippen molar-refractivity contribution in [2.24, 2.45) is 0 Å². The highest BCUT2D eigenvalue weighted by Crippen LogP contribution is 2.39. The number of anilines is 1. The number of carbonyl (C=O) groups is 1. The van der Waals surface area contributed by atoms with Crippen molar-refractivity contribution >= 4 is 22.9 Å². The Kier molecular flexibility index (Phi) is 3.69. The van der Waals surface area contributed by atoms with Crippen LogP contribution >= 0.6 is 11.3 Å². The average Bonchev–Trinajstić information content (AvgIpc) is 3.13. The number of hydrogen-bond donors (Lipinski definition) is 1. The third-order valence-corrected chi connectivity index (χ3v) is 5.00. The smallest absolute Gasteiger partial charge is 0.265 e. The van der Waals surface area contributed by atoms with Gasteiger partial charge < -0.3 is 9.84 Å². The maximum atomic E-state index is 12.5. The van der Waals surface area contributed by atoms with Crippen LogP contribution in [0.3, 0.4) is 0 Å². The molecule has 0 saturated heterocycles. The zero-order valence-electron chi connectivity index (χ0n) is 13.5. The van der Waals surface area contributed by atoms with Crippen LogP contribution in [0.4, 0.5) is 5.69 Å². The molecule has 122 valence electrons. The van der Waals surface area contributed by atoms with Crippen LogP contribution in [0.15, 0.2) is 34.9 Å². The van der Waals surface area contributed by atoms with E-state index < -0.39 is 0 Å². The van der Waals surface area contributed by atoms with Crippen molar-refractivity contribution in [2.75, 3.05) is 5.32 Å². The number of benzene rings is 1. The molecule has 1 N–H and O–H groups in total. The summed E-state index contributed by atoms with van der Waals surface area (Å²) in [6.07, 6.45) is 2.24. The molecule has 1 saturated carbocycles. The molecule has 4 rings (SSSR count). The molecule has 3 aromatic rings. The van der Waals surface area contributed by atoms with Crippen molar-refractivity contribution in [1.82, 2.24) is 10.1 Å². The lowest BCUT2D eigenvalue weighted by Crippen LogP contribution is -2.11. The molecule has 6 heteroatoms. The van der Waals surface area contributed by atoms with Gasteiger partial charge in [-0.3, -0.25) is 4.79 Å². The Morgan fingerprint density at radius 1 is 1.25 bits per heavy atom. The van der Waals surface area contributed by atoms with E-state index in [1.54, 1.807) is 0 Å². The van der Waals surface area contributed by atoms with Crippen LogP contribution < -0.4 is 5.32 Å². The molecule has 0 bridgehead atoms. The molecule has 0 aliphatic heterocycles. The van der Waals surface area contributed by atoms with E-state index >= 15 is 0 Å². The molecule has 5 nitrogen and oxygen atoms in total. The van der Waals surface area contributed by atoms with Gasteiger partial charge in [-0.2, -0.15) is 4.98 Å². The van der Waals surface area contributed by atoms with Crippen LogP contribution in [-0.4, -0.2) is 16.0 Å². The van der Waals surface area contributed by atoms with E-state index in [1.165, 1.54) is 11.3 Å². The highest BCUT2D eigenvalue weighted by molar-refractivity contribution is 7.14. The summed E-state index contributed by atoms with van der Waals surface area (Å²) in [7, 11) is 0. The lowest BCUT2D eigenvalue weighted by atomic mass is 10.1. The Bertz CT molecular complexity index is 909. The zero-order valence-corrected chi connectivity index (χ0v) is 14.3. The number of nitrogens with zero attached hydrogens (tertiary/aromatic N) is 2. The fourth-order valence-corrected chi connectivity index (χ4v) is 3.30. The van der Waals surface area contributed by atoms with Crippen LogP contribution in [-0.2, 0) is 0 Å². The Balaban J connectivity index is 1.66. The maximum Gasteiger partial charge on any atom is 0.265 e. The monoisotopic (exact) mass is 339 g/mol. The van der Waals surface area contributed by atoms with E-state index in [1.807, 2.05) is 44.2 Å². The molecule has 1 aliphatic rings. The fourth-order valence-electron chi connectivity index (χ4n) is 2.54. The van der Waals surface area contributed by atoms with E-state index in [0.29, 0.717) is 22.4 Å². The van der Waals surface area contributed by atoms with Crippen molar-refractivity contribution in [2.45, 2.75) is 32.6 Å². The Labute approximate surface area is 143 Å². The van der Waals surface area contributed by atoms with Crippen LogP contribution in [0.1, 0.15) is 44.7 Å². The summed E-state index contributed by atoms with van der Waals surface area (Å²) in [5.74, 6) is 1.52. The van der Waals surface area contributed by atoms with E-state index in [2.05, 4.69) is 15.5 Å². The van der Waals surface area contributed by atoms with Crippen LogP contribution in [0.2, 0.25) is 0 Å². The molecular formula is C18H17N3O2S. The number of hydrogen-bond acceptors (Lipinski definition) is 5. The number of amides is 1. The molecule has 1 amide bonds. The molecule has 0 unspecified atom stereocenters. The molecule has 0 radical (unpaired) electrons. The van der Waals surface area contributed by atoms with Gasteiger partial charge in [-0.1, -0.05) is 16.8 Å². The van der Waals surface area contributed by atoms with E-state index in [9.17, 15) is 4.79 Å². The number of aryl methyl sites for hydroxylation is 2. The Hall–Kier alpha value is -2.47. The summed E-state index contributed by atoms with van der Waals surface area (Å²) >= 11 is 1.47. The van der Waals surface area contributed by atoms with Crippen LogP contribution in [0.25, 0.3) is 11.5 Å². The van der Waals surface area contributed by atoms with Gasteiger partial charge in [-0.25, -0.2) is 0 Å². The standard InChI is InChI=1S/C18H17N3O2S/c1-10-3-7-14(19-17(22)15-8-4-11(2)24-15)13(9-10)18-20-16(21-23-18)12-5-6-12/h3-4,7-9,12H,5-6H2,1-2H3,(H,19,22). The summed E-state index contributed by atoms with van der Waals surface area (Å²) in [6.45, 7) is 3.98. The fraction of sp³-hybridized carbons (Fsp3) is 0.278. The van der Waals surface area contributed by atoms with E-state index in [0.717, 1.165) is 34.7 Å². The van der Waals surface area contributed by atoms with Gasteiger partial charge in [0.1, 0.15) is 0 Å². The molecule has 24 heavy (non-hydrogen) atoms. The minimum atomic E-state index is -0.125. The summed E-state index contributed by atoms with van der Waals surface area (Å²) in [5.41, 5.74) is 2.51. The maximum absolute atomic E-state index is 12.5. The van der Waals surface area contributed by atoms with Gasteiger partial charge in [0.15, 0.2) is 5.82 Å². The average molecular weight is 339 g/mol. The first-order valence-corrected chi connectivity index (χ1v) is 8.74. The second-order valence-electron chi connectivity index (χ2n) is 6.15. The molecule has 0 spiro atoms. The predicted octanol–water partition coefficient (Wildman–Crippen LogP) is 4.54. The van der Waals surface area contributed by atoms with Crippen molar-refractivity contribution in [3.8, 4) is 11.5 Å². The molecule has 1 fully saturated rings. The van der Waals surface area contributed by atoms with Gasteiger partial charge in [0, 0.05) is 10.8 Å². The van der Waals surface area contributed by atoms with Gasteiger partial charge in [0.05, 0.1) is 16.1 Å². The van der Waals surface area contributed by atoms with Gasteiger partial charge >= 0.3 is 0 Å². The highest BCUT2D eigenvalue weighted by atomic mass is 32.1. The van der Waals surface area contributed by atoms with Crippen molar-refractivity contribution in [3.63, 3.8) is 0 Å². The predicted molar refractivity (Wildman–Crippen MR) is 93.5 cm³/mol. The van der Waals surface area contributed by atoms with Gasteiger partial charge in [0.25, 0.3) is 11.8 Å².